The maximum Gasteiger partial charge on any atom is 0.257 e. The summed E-state index contributed by atoms with van der Waals surface area (Å²) in [4.78, 5) is 16.8. The normalized spacial score (nSPS) is 19.7. The van der Waals surface area contributed by atoms with Gasteiger partial charge in [0.1, 0.15) is 6.54 Å². The molecule has 0 radical (unpaired) electrons. The largest absolute Gasteiger partial charge is 0.370 e. The lowest BCUT2D eigenvalue weighted by Gasteiger charge is -2.34. The van der Waals surface area contributed by atoms with Crippen molar-refractivity contribution < 1.29 is 13.6 Å². The lowest BCUT2D eigenvalue weighted by atomic mass is 9.95. The molecule has 0 aromatic heterocycles. The third kappa shape index (κ3) is 7.20. The lowest BCUT2D eigenvalue weighted by molar-refractivity contribution is -0.119. The van der Waals surface area contributed by atoms with Gasteiger partial charge in [-0.05, 0) is 25.7 Å². The minimum atomic E-state index is -2.44. The fraction of sp³-hybridized carbons (Fsp3) is 0.833. The molecule has 0 aromatic rings. The number of guanidine groups is 1. The van der Waals surface area contributed by atoms with Crippen molar-refractivity contribution in [1.82, 2.24) is 10.2 Å². The Kier molecular flexibility index (Phi) is 9.78. The SMILES string of the molecule is CCNC(=NCC(F)F)N1CCCC(CC(N)=O)C1.I. The van der Waals surface area contributed by atoms with Gasteiger partial charge in [-0.2, -0.15) is 0 Å². The molecular weight excluding hydrogens is 381 g/mol. The zero-order valence-corrected chi connectivity index (χ0v) is 14.0. The van der Waals surface area contributed by atoms with E-state index < -0.39 is 13.0 Å². The van der Waals surface area contributed by atoms with Gasteiger partial charge in [0, 0.05) is 26.1 Å². The van der Waals surface area contributed by atoms with Crippen molar-refractivity contribution in [3.8, 4) is 0 Å². The first kappa shape index (κ1) is 19.3. The Bertz CT molecular complexity index is 329. The Morgan fingerprint density at radius 1 is 1.55 bits per heavy atom. The summed E-state index contributed by atoms with van der Waals surface area (Å²) >= 11 is 0. The van der Waals surface area contributed by atoms with E-state index in [1.165, 1.54) is 0 Å². The van der Waals surface area contributed by atoms with E-state index in [9.17, 15) is 13.6 Å². The van der Waals surface area contributed by atoms with Crippen molar-refractivity contribution in [1.29, 1.82) is 0 Å². The zero-order valence-electron chi connectivity index (χ0n) is 11.6. The molecule has 1 amide bonds. The molecule has 1 fully saturated rings. The Morgan fingerprint density at radius 2 is 2.25 bits per heavy atom. The number of nitrogens with zero attached hydrogens (tertiary/aromatic N) is 2. The molecule has 8 heteroatoms. The van der Waals surface area contributed by atoms with Crippen LogP contribution in [-0.2, 0) is 4.79 Å². The van der Waals surface area contributed by atoms with E-state index in [2.05, 4.69) is 10.3 Å². The summed E-state index contributed by atoms with van der Waals surface area (Å²) in [5, 5.41) is 3.01. The average molecular weight is 404 g/mol. The highest BCUT2D eigenvalue weighted by molar-refractivity contribution is 14.0. The van der Waals surface area contributed by atoms with Crippen molar-refractivity contribution in [2.24, 2.45) is 16.6 Å². The van der Waals surface area contributed by atoms with Crippen molar-refractivity contribution in [3.05, 3.63) is 0 Å². The second-order valence-electron chi connectivity index (χ2n) is 4.71. The van der Waals surface area contributed by atoms with Crippen molar-refractivity contribution in [3.63, 3.8) is 0 Å². The van der Waals surface area contributed by atoms with E-state index in [1.807, 2.05) is 11.8 Å². The number of hydrogen-bond donors (Lipinski definition) is 2. The van der Waals surface area contributed by atoms with Crippen LogP contribution in [0.3, 0.4) is 0 Å². The molecule has 0 spiro atoms. The lowest BCUT2D eigenvalue weighted by Crippen LogP contribution is -2.47. The Balaban J connectivity index is 0.00000361. The summed E-state index contributed by atoms with van der Waals surface area (Å²) in [5.41, 5.74) is 5.20. The van der Waals surface area contributed by atoms with Gasteiger partial charge >= 0.3 is 0 Å². The zero-order chi connectivity index (χ0) is 14.3. The summed E-state index contributed by atoms with van der Waals surface area (Å²) < 4.78 is 24.5. The smallest absolute Gasteiger partial charge is 0.257 e. The van der Waals surface area contributed by atoms with Gasteiger partial charge in [0.2, 0.25) is 5.91 Å². The van der Waals surface area contributed by atoms with Crippen LogP contribution in [0.25, 0.3) is 0 Å². The number of alkyl halides is 2. The van der Waals surface area contributed by atoms with E-state index in [1.54, 1.807) is 0 Å². The number of primary amides is 1. The number of carbonyl (C=O) groups excluding carboxylic acids is 1. The van der Waals surface area contributed by atoms with Crippen molar-refractivity contribution in [2.45, 2.75) is 32.6 Å². The second kappa shape index (κ2) is 10.1. The van der Waals surface area contributed by atoms with E-state index in [0.717, 1.165) is 19.4 Å². The average Bonchev–Trinajstić information content (AvgIpc) is 2.33. The minimum absolute atomic E-state index is 0. The molecule has 118 valence electrons. The number of likely N-dealkylation sites (tertiary alicyclic amines) is 1. The molecule has 3 N–H and O–H groups in total. The number of nitrogens with one attached hydrogen (secondary N) is 1. The molecule has 1 heterocycles. The molecule has 5 nitrogen and oxygen atoms in total. The number of rotatable bonds is 5. The van der Waals surface area contributed by atoms with Gasteiger partial charge in [0.25, 0.3) is 6.43 Å². The molecule has 1 aliphatic heterocycles. The summed E-state index contributed by atoms with van der Waals surface area (Å²) in [7, 11) is 0. The number of amides is 1. The monoisotopic (exact) mass is 404 g/mol. The fourth-order valence-corrected chi connectivity index (χ4v) is 2.29. The van der Waals surface area contributed by atoms with Gasteiger partial charge < -0.3 is 16.0 Å². The van der Waals surface area contributed by atoms with Crippen LogP contribution in [0, 0.1) is 5.92 Å². The second-order valence-corrected chi connectivity index (χ2v) is 4.71. The Labute approximate surface area is 135 Å². The number of hydrogen-bond acceptors (Lipinski definition) is 2. The van der Waals surface area contributed by atoms with E-state index in [-0.39, 0.29) is 35.8 Å². The topological polar surface area (TPSA) is 70.7 Å². The highest BCUT2D eigenvalue weighted by Crippen LogP contribution is 2.19. The van der Waals surface area contributed by atoms with E-state index in [0.29, 0.717) is 25.5 Å². The van der Waals surface area contributed by atoms with Crippen LogP contribution in [0.4, 0.5) is 8.78 Å². The van der Waals surface area contributed by atoms with Crippen LogP contribution in [-0.4, -0.2) is 49.4 Å². The molecule has 1 rings (SSSR count). The van der Waals surface area contributed by atoms with Gasteiger partial charge in [-0.25, -0.2) is 13.8 Å². The molecule has 1 atom stereocenters. The first-order valence-electron chi connectivity index (χ1n) is 6.62. The molecule has 0 bridgehead atoms. The summed E-state index contributed by atoms with van der Waals surface area (Å²) in [6, 6.07) is 0. The number of piperidine rings is 1. The predicted octanol–water partition coefficient (Wildman–Crippen LogP) is 1.42. The molecule has 0 saturated carbocycles. The van der Waals surface area contributed by atoms with Crippen LogP contribution < -0.4 is 11.1 Å². The number of nitrogens with two attached hydrogens (primary N) is 1. The Hall–Kier alpha value is -0.670. The number of aliphatic imine (C=N–C) groups is 1. The van der Waals surface area contributed by atoms with E-state index >= 15 is 0 Å². The van der Waals surface area contributed by atoms with E-state index in [4.69, 9.17) is 5.73 Å². The standard InChI is InChI=1S/C12H22F2N4O.HI/c1-2-16-12(17-7-10(13)14)18-5-3-4-9(8-18)6-11(15)19;/h9-10H,2-8H2,1H3,(H2,15,19)(H,16,17);1H. The molecule has 20 heavy (non-hydrogen) atoms. The maximum absolute atomic E-state index is 12.2. The molecule has 1 saturated heterocycles. The van der Waals surface area contributed by atoms with Crippen LogP contribution in [0.1, 0.15) is 26.2 Å². The fourth-order valence-electron chi connectivity index (χ4n) is 2.29. The molecule has 1 unspecified atom stereocenters. The summed E-state index contributed by atoms with van der Waals surface area (Å²) in [6.07, 6.45) is -0.255. The molecule has 0 aliphatic carbocycles. The van der Waals surface area contributed by atoms with Gasteiger partial charge in [0.05, 0.1) is 0 Å². The van der Waals surface area contributed by atoms with Crippen molar-refractivity contribution in [2.75, 3.05) is 26.2 Å². The summed E-state index contributed by atoms with van der Waals surface area (Å²) in [6.45, 7) is 3.42. The van der Waals surface area contributed by atoms with Gasteiger partial charge in [-0.1, -0.05) is 0 Å². The van der Waals surface area contributed by atoms with Crippen LogP contribution in [0.15, 0.2) is 4.99 Å². The van der Waals surface area contributed by atoms with Gasteiger partial charge in [-0.15, -0.1) is 24.0 Å². The minimum Gasteiger partial charge on any atom is -0.370 e. The van der Waals surface area contributed by atoms with Crippen LogP contribution in [0.2, 0.25) is 0 Å². The summed E-state index contributed by atoms with van der Waals surface area (Å²) in [5.74, 6) is 0.361. The first-order valence-corrected chi connectivity index (χ1v) is 6.62. The maximum atomic E-state index is 12.2. The number of halogens is 3. The highest BCUT2D eigenvalue weighted by Gasteiger charge is 2.23. The first-order chi connectivity index (χ1) is 9.02. The van der Waals surface area contributed by atoms with Gasteiger partial charge in [-0.3, -0.25) is 4.79 Å². The quantitative estimate of drug-likeness (QED) is 0.414. The van der Waals surface area contributed by atoms with Crippen LogP contribution in [0.5, 0.6) is 0 Å². The third-order valence-electron chi connectivity index (χ3n) is 3.02. The Morgan fingerprint density at radius 3 is 2.80 bits per heavy atom. The molecule has 1 aliphatic rings. The highest BCUT2D eigenvalue weighted by atomic mass is 127. The third-order valence-corrected chi connectivity index (χ3v) is 3.02. The van der Waals surface area contributed by atoms with Crippen LogP contribution >= 0.6 is 24.0 Å². The molecule has 0 aromatic carbocycles. The number of carbonyl (C=O) groups is 1. The van der Waals surface area contributed by atoms with Crippen molar-refractivity contribution >= 4 is 35.8 Å². The van der Waals surface area contributed by atoms with Gasteiger partial charge in [0.15, 0.2) is 5.96 Å². The molecular formula is C12H23F2IN4O. The predicted molar refractivity (Wildman–Crippen MR) is 85.5 cm³/mol.